The number of nitrogens with one attached hydrogen (secondary N) is 1. The van der Waals surface area contributed by atoms with Crippen molar-refractivity contribution in [2.45, 2.75) is 26.7 Å². The summed E-state index contributed by atoms with van der Waals surface area (Å²) in [7, 11) is 3.79. The quantitative estimate of drug-likeness (QED) is 0.812. The number of likely N-dealkylation sites (tertiary alicyclic amines) is 1. The number of hydrogen-bond acceptors (Lipinski definition) is 2. The van der Waals surface area contributed by atoms with Gasteiger partial charge in [0.15, 0.2) is 0 Å². The van der Waals surface area contributed by atoms with Gasteiger partial charge in [-0.15, -0.1) is 0 Å². The summed E-state index contributed by atoms with van der Waals surface area (Å²) in [6.07, 6.45) is 2.31. The zero-order chi connectivity index (χ0) is 12.8. The number of amides is 2. The molecule has 1 saturated heterocycles. The van der Waals surface area contributed by atoms with E-state index in [0.717, 1.165) is 50.9 Å². The number of rotatable bonds is 4. The van der Waals surface area contributed by atoms with Gasteiger partial charge in [-0.25, -0.2) is 4.79 Å². The molecule has 0 bridgehead atoms. The molecule has 0 radical (unpaired) electrons. The van der Waals surface area contributed by atoms with Gasteiger partial charge in [0.1, 0.15) is 0 Å². The van der Waals surface area contributed by atoms with Crippen molar-refractivity contribution in [2.75, 3.05) is 40.3 Å². The highest BCUT2D eigenvalue weighted by molar-refractivity contribution is 5.74. The summed E-state index contributed by atoms with van der Waals surface area (Å²) in [4.78, 5) is 15.9. The molecule has 1 N–H and O–H groups in total. The van der Waals surface area contributed by atoms with Crippen LogP contribution in [0.2, 0.25) is 0 Å². The maximum atomic E-state index is 12.1. The second kappa shape index (κ2) is 6.84. The molecule has 1 aliphatic heterocycles. The smallest absolute Gasteiger partial charge is 0.319 e. The van der Waals surface area contributed by atoms with Gasteiger partial charge in [-0.05, 0) is 31.7 Å². The van der Waals surface area contributed by atoms with E-state index in [1.807, 2.05) is 23.9 Å². The highest BCUT2D eigenvalue weighted by Gasteiger charge is 2.25. The first kappa shape index (κ1) is 14.3. The van der Waals surface area contributed by atoms with E-state index in [1.54, 1.807) is 0 Å². The van der Waals surface area contributed by atoms with E-state index in [2.05, 4.69) is 19.2 Å². The third kappa shape index (κ3) is 4.19. The molecule has 4 nitrogen and oxygen atoms in total. The fraction of sp³-hybridized carbons (Fsp3) is 0.923. The van der Waals surface area contributed by atoms with Crippen molar-refractivity contribution in [2.24, 2.45) is 11.8 Å². The number of urea groups is 1. The monoisotopic (exact) mass is 241 g/mol. The van der Waals surface area contributed by atoms with Crippen LogP contribution in [0.5, 0.6) is 0 Å². The molecule has 2 amide bonds. The van der Waals surface area contributed by atoms with E-state index in [0.29, 0.717) is 0 Å². The van der Waals surface area contributed by atoms with Crippen molar-refractivity contribution in [3.63, 3.8) is 0 Å². The Hall–Kier alpha value is -0.770. The maximum absolute atomic E-state index is 12.1. The maximum Gasteiger partial charge on any atom is 0.319 e. The van der Waals surface area contributed by atoms with E-state index in [9.17, 15) is 4.79 Å². The molecule has 1 heterocycles. The van der Waals surface area contributed by atoms with Crippen LogP contribution in [-0.2, 0) is 0 Å². The van der Waals surface area contributed by atoms with E-state index in [1.165, 1.54) is 0 Å². The molecule has 1 fully saturated rings. The first-order chi connectivity index (χ1) is 8.06. The van der Waals surface area contributed by atoms with Crippen LogP contribution in [0, 0.1) is 11.8 Å². The van der Waals surface area contributed by atoms with Crippen LogP contribution in [-0.4, -0.2) is 56.1 Å². The first-order valence-electron chi connectivity index (χ1n) is 6.71. The Kier molecular flexibility index (Phi) is 5.75. The third-order valence-electron chi connectivity index (χ3n) is 3.78. The molecule has 17 heavy (non-hydrogen) atoms. The van der Waals surface area contributed by atoms with E-state index >= 15 is 0 Å². The fourth-order valence-corrected chi connectivity index (χ4v) is 2.37. The Morgan fingerprint density at radius 3 is 2.47 bits per heavy atom. The topological polar surface area (TPSA) is 35.6 Å². The lowest BCUT2D eigenvalue weighted by atomic mass is 9.87. The molecule has 0 aromatic heterocycles. The molecule has 0 atom stereocenters. The number of hydrogen-bond donors (Lipinski definition) is 1. The Bertz CT molecular complexity index is 235. The molecule has 1 rings (SSSR count). The standard InChI is InChI=1S/C13H27N3O/c1-11(2)12-5-8-16(9-6-12)13(17)15(4)10-7-14-3/h11-12,14H,5-10H2,1-4H3. The van der Waals surface area contributed by atoms with Gasteiger partial charge in [0, 0.05) is 33.2 Å². The van der Waals surface area contributed by atoms with E-state index in [-0.39, 0.29) is 6.03 Å². The summed E-state index contributed by atoms with van der Waals surface area (Å²) in [6, 6.07) is 0.183. The van der Waals surface area contributed by atoms with Gasteiger partial charge in [0.2, 0.25) is 0 Å². The van der Waals surface area contributed by atoms with Crippen molar-refractivity contribution >= 4 is 6.03 Å². The summed E-state index contributed by atoms with van der Waals surface area (Å²) >= 11 is 0. The predicted octanol–water partition coefficient (Wildman–Crippen LogP) is 1.63. The van der Waals surface area contributed by atoms with Crippen LogP contribution in [0.3, 0.4) is 0 Å². The van der Waals surface area contributed by atoms with Crippen molar-refractivity contribution in [3.05, 3.63) is 0 Å². The van der Waals surface area contributed by atoms with Crippen LogP contribution in [0.25, 0.3) is 0 Å². The summed E-state index contributed by atoms with van der Waals surface area (Å²) in [6.45, 7) is 8.03. The zero-order valence-corrected chi connectivity index (χ0v) is 11.7. The van der Waals surface area contributed by atoms with E-state index in [4.69, 9.17) is 0 Å². The third-order valence-corrected chi connectivity index (χ3v) is 3.78. The molecular weight excluding hydrogens is 214 g/mol. The van der Waals surface area contributed by atoms with Crippen LogP contribution in [0.15, 0.2) is 0 Å². The SMILES string of the molecule is CNCCN(C)C(=O)N1CCC(C(C)C)CC1. The highest BCUT2D eigenvalue weighted by Crippen LogP contribution is 2.24. The largest absolute Gasteiger partial charge is 0.326 e. The van der Waals surface area contributed by atoms with Crippen LogP contribution in [0.1, 0.15) is 26.7 Å². The van der Waals surface area contributed by atoms with Crippen LogP contribution in [0.4, 0.5) is 4.79 Å². The van der Waals surface area contributed by atoms with Gasteiger partial charge in [0.05, 0.1) is 0 Å². The van der Waals surface area contributed by atoms with Crippen molar-refractivity contribution < 1.29 is 4.79 Å². The second-order valence-corrected chi connectivity index (χ2v) is 5.38. The minimum atomic E-state index is 0.183. The molecule has 0 aromatic rings. The molecule has 0 spiro atoms. The van der Waals surface area contributed by atoms with Crippen LogP contribution >= 0.6 is 0 Å². The lowest BCUT2D eigenvalue weighted by molar-refractivity contribution is 0.131. The van der Waals surface area contributed by atoms with Crippen molar-refractivity contribution in [1.29, 1.82) is 0 Å². The Morgan fingerprint density at radius 1 is 1.41 bits per heavy atom. The molecule has 4 heteroatoms. The molecule has 100 valence electrons. The summed E-state index contributed by atoms with van der Waals surface area (Å²) in [5.41, 5.74) is 0. The highest BCUT2D eigenvalue weighted by atomic mass is 16.2. The minimum absolute atomic E-state index is 0.183. The van der Waals surface area contributed by atoms with Gasteiger partial charge < -0.3 is 15.1 Å². The van der Waals surface area contributed by atoms with Crippen molar-refractivity contribution in [3.8, 4) is 0 Å². The Balaban J connectivity index is 2.35. The second-order valence-electron chi connectivity index (χ2n) is 5.38. The fourth-order valence-electron chi connectivity index (χ4n) is 2.37. The summed E-state index contributed by atoms with van der Waals surface area (Å²) < 4.78 is 0. The van der Waals surface area contributed by atoms with Gasteiger partial charge >= 0.3 is 6.03 Å². The number of likely N-dealkylation sites (N-methyl/N-ethyl adjacent to an activating group) is 2. The van der Waals surface area contributed by atoms with Crippen molar-refractivity contribution in [1.82, 2.24) is 15.1 Å². The van der Waals surface area contributed by atoms with E-state index < -0.39 is 0 Å². The first-order valence-corrected chi connectivity index (χ1v) is 6.71. The average molecular weight is 241 g/mol. The molecule has 0 aliphatic carbocycles. The van der Waals surface area contributed by atoms with Gasteiger partial charge in [-0.1, -0.05) is 13.8 Å². The van der Waals surface area contributed by atoms with Gasteiger partial charge in [-0.2, -0.15) is 0 Å². The van der Waals surface area contributed by atoms with Crippen LogP contribution < -0.4 is 5.32 Å². The summed E-state index contributed by atoms with van der Waals surface area (Å²) in [5.74, 6) is 1.54. The predicted molar refractivity (Wildman–Crippen MR) is 71.1 cm³/mol. The lowest BCUT2D eigenvalue weighted by Crippen LogP contribution is -2.47. The number of nitrogens with zero attached hydrogens (tertiary/aromatic N) is 2. The molecule has 0 saturated carbocycles. The number of carbonyl (C=O) groups excluding carboxylic acids is 1. The minimum Gasteiger partial charge on any atom is -0.326 e. The molecule has 0 unspecified atom stereocenters. The normalized spacial score (nSPS) is 17.6. The lowest BCUT2D eigenvalue weighted by Gasteiger charge is -2.36. The number of carbonyl (C=O) groups is 1. The Morgan fingerprint density at radius 2 is 2.00 bits per heavy atom. The Labute approximate surface area is 105 Å². The van der Waals surface area contributed by atoms with Gasteiger partial charge in [-0.3, -0.25) is 0 Å². The molecular formula is C13H27N3O. The zero-order valence-electron chi connectivity index (χ0n) is 11.7. The van der Waals surface area contributed by atoms with Gasteiger partial charge in [0.25, 0.3) is 0 Å². The molecule has 1 aliphatic rings. The number of piperidine rings is 1. The molecule has 0 aromatic carbocycles. The average Bonchev–Trinajstić information content (AvgIpc) is 2.35. The summed E-state index contributed by atoms with van der Waals surface area (Å²) in [5, 5.41) is 3.07.